The van der Waals surface area contributed by atoms with E-state index in [0.29, 0.717) is 6.54 Å². The molecule has 1 aliphatic rings. The quantitative estimate of drug-likeness (QED) is 0.595. The van der Waals surface area contributed by atoms with Gasteiger partial charge in [0.05, 0.1) is 10.9 Å². The Labute approximate surface area is 139 Å². The van der Waals surface area contributed by atoms with Crippen LogP contribution in [0.1, 0.15) is 25.5 Å². The van der Waals surface area contributed by atoms with Gasteiger partial charge in [-0.2, -0.15) is 0 Å². The highest BCUT2D eigenvalue weighted by Crippen LogP contribution is 2.28. The Hall–Kier alpha value is -0.660. The maximum atomic E-state index is 12.2. The Morgan fingerprint density at radius 2 is 1.95 bits per heavy atom. The first-order chi connectivity index (χ1) is 9.38. The average Bonchev–Trinajstić information content (AvgIpc) is 2.78. The van der Waals surface area contributed by atoms with Crippen LogP contribution in [0.3, 0.4) is 0 Å². The van der Waals surface area contributed by atoms with Crippen LogP contribution in [0.5, 0.6) is 0 Å². The number of nitrogens with two attached hydrogens (primary N) is 1. The maximum absolute atomic E-state index is 12.2. The predicted octanol–water partition coefficient (Wildman–Crippen LogP) is 1.24. The van der Waals surface area contributed by atoms with Crippen molar-refractivity contribution in [1.29, 1.82) is 0 Å². The second-order valence-corrected chi connectivity index (χ2v) is 6.86. The van der Waals surface area contributed by atoms with E-state index in [0.717, 1.165) is 5.56 Å². The zero-order valence-corrected chi connectivity index (χ0v) is 14.5. The first-order valence-corrected chi connectivity index (χ1v) is 7.57. The molecule has 21 heavy (non-hydrogen) atoms. The summed E-state index contributed by atoms with van der Waals surface area (Å²) >= 11 is 3.61. The number of rotatable bonds is 4. The molecule has 1 amide bonds. The largest absolute Gasteiger partial charge is 0.353 e. The Bertz CT molecular complexity index is 466. The molecule has 7 heteroatoms. The molecule has 0 spiro atoms. The number of hydrogen-bond acceptors (Lipinski definition) is 4. The lowest BCUT2D eigenvalue weighted by Gasteiger charge is -2.22. The van der Waals surface area contributed by atoms with Gasteiger partial charge in [0.25, 0.3) is 0 Å². The van der Waals surface area contributed by atoms with Gasteiger partial charge >= 0.3 is 0 Å². The van der Waals surface area contributed by atoms with Gasteiger partial charge in [0.1, 0.15) is 6.04 Å². The number of hydrogen-bond donors (Lipinski definition) is 4. The molecule has 5 nitrogen and oxygen atoms in total. The van der Waals surface area contributed by atoms with E-state index in [1.54, 1.807) is 0 Å². The third-order valence-electron chi connectivity index (χ3n) is 3.19. The molecule has 0 aromatic heterocycles. The van der Waals surface area contributed by atoms with Crippen LogP contribution < -0.4 is 21.9 Å². The number of benzene rings is 1. The van der Waals surface area contributed by atoms with Gasteiger partial charge in [-0.1, -0.05) is 46.3 Å². The normalized spacial score (nSPS) is 25.2. The van der Waals surface area contributed by atoms with E-state index in [1.165, 1.54) is 0 Å². The van der Waals surface area contributed by atoms with Gasteiger partial charge in [0, 0.05) is 12.1 Å². The third kappa shape index (κ3) is 4.93. The van der Waals surface area contributed by atoms with Gasteiger partial charge in [-0.05, 0) is 19.4 Å². The van der Waals surface area contributed by atoms with Crippen molar-refractivity contribution in [3.63, 3.8) is 0 Å². The molecule has 5 N–H and O–H groups in total. The van der Waals surface area contributed by atoms with Gasteiger partial charge in [0.2, 0.25) is 5.91 Å². The minimum absolute atomic E-state index is 0. The highest BCUT2D eigenvalue weighted by atomic mass is 79.9. The fraction of sp³-hybridized carbons (Fsp3) is 0.500. The van der Waals surface area contributed by atoms with Crippen molar-refractivity contribution in [2.75, 3.05) is 6.54 Å². The van der Waals surface area contributed by atoms with E-state index >= 15 is 0 Å². The molecule has 1 aromatic carbocycles. The summed E-state index contributed by atoms with van der Waals surface area (Å²) in [6.45, 7) is 4.21. The molecule has 3 atom stereocenters. The summed E-state index contributed by atoms with van der Waals surface area (Å²) in [5.74, 6) is -0.0590. The molecule has 1 aromatic rings. The van der Waals surface area contributed by atoms with Crippen molar-refractivity contribution in [2.24, 2.45) is 5.73 Å². The van der Waals surface area contributed by atoms with Gasteiger partial charge in [0.15, 0.2) is 0 Å². The number of halogens is 2. The van der Waals surface area contributed by atoms with Crippen LogP contribution in [0.4, 0.5) is 0 Å². The number of hydrazine groups is 1. The van der Waals surface area contributed by atoms with Crippen LogP contribution in [0.2, 0.25) is 0 Å². The number of carbonyl (C=O) groups is 1. The maximum Gasteiger partial charge on any atom is 0.239 e. The Morgan fingerprint density at radius 3 is 2.52 bits per heavy atom. The molecule has 3 unspecified atom stereocenters. The van der Waals surface area contributed by atoms with Gasteiger partial charge in [-0.25, -0.2) is 10.9 Å². The number of nitrogens with one attached hydrogen (secondary N) is 3. The molecule has 1 heterocycles. The molecule has 1 fully saturated rings. The van der Waals surface area contributed by atoms with Gasteiger partial charge in [-0.15, -0.1) is 12.4 Å². The summed E-state index contributed by atoms with van der Waals surface area (Å²) in [5.41, 5.74) is 12.8. The summed E-state index contributed by atoms with van der Waals surface area (Å²) in [5, 5.41) is 2.87. The van der Waals surface area contributed by atoms with E-state index in [4.69, 9.17) is 5.73 Å². The minimum atomic E-state index is -0.414. The molecule has 0 radical (unpaired) electrons. The van der Waals surface area contributed by atoms with Crippen LogP contribution >= 0.6 is 28.3 Å². The van der Waals surface area contributed by atoms with E-state index in [-0.39, 0.29) is 35.2 Å². The molecule has 0 saturated carbocycles. The first-order valence-electron chi connectivity index (χ1n) is 6.65. The lowest BCUT2D eigenvalue weighted by Crippen LogP contribution is -2.51. The van der Waals surface area contributed by atoms with Crippen molar-refractivity contribution in [2.45, 2.75) is 36.3 Å². The smallest absolute Gasteiger partial charge is 0.239 e. The highest BCUT2D eigenvalue weighted by Gasteiger charge is 2.39. The standard InChI is InChI=1S/C14H21BrN4O.ClH/c1-14(2,16)8-17-13(20)12-10(15)11(18-19-12)9-6-4-3-5-7-9;/h3-7,10-12,18-19H,8,16H2,1-2H3,(H,17,20);1H. The Kier molecular flexibility index (Phi) is 6.62. The molecule has 0 aliphatic carbocycles. The topological polar surface area (TPSA) is 79.2 Å². The number of alkyl halides is 1. The van der Waals surface area contributed by atoms with Crippen LogP contribution in [-0.2, 0) is 4.79 Å². The monoisotopic (exact) mass is 376 g/mol. The fourth-order valence-corrected chi connectivity index (χ4v) is 2.90. The highest BCUT2D eigenvalue weighted by molar-refractivity contribution is 9.09. The SMILES string of the molecule is CC(C)(N)CNC(=O)C1NNC(c2ccccc2)C1Br.Cl. The van der Waals surface area contributed by atoms with Crippen molar-refractivity contribution in [3.8, 4) is 0 Å². The molecule has 0 bridgehead atoms. The van der Waals surface area contributed by atoms with Crippen molar-refractivity contribution >= 4 is 34.2 Å². The van der Waals surface area contributed by atoms with Crippen molar-refractivity contribution in [3.05, 3.63) is 35.9 Å². The van der Waals surface area contributed by atoms with Crippen LogP contribution in [0.25, 0.3) is 0 Å². The average molecular weight is 378 g/mol. The van der Waals surface area contributed by atoms with E-state index in [1.807, 2.05) is 44.2 Å². The number of carbonyl (C=O) groups excluding carboxylic acids is 1. The van der Waals surface area contributed by atoms with Crippen LogP contribution in [-0.4, -0.2) is 28.9 Å². The molecular weight excluding hydrogens is 356 g/mol. The van der Waals surface area contributed by atoms with Gasteiger partial charge in [-0.3, -0.25) is 4.79 Å². The van der Waals surface area contributed by atoms with Crippen molar-refractivity contribution < 1.29 is 4.79 Å². The molecule has 1 aliphatic heterocycles. The summed E-state index contributed by atoms with van der Waals surface area (Å²) in [6, 6.07) is 9.75. The van der Waals surface area contributed by atoms with E-state index < -0.39 is 5.54 Å². The van der Waals surface area contributed by atoms with Crippen molar-refractivity contribution in [1.82, 2.24) is 16.2 Å². The minimum Gasteiger partial charge on any atom is -0.353 e. The fourth-order valence-electron chi connectivity index (χ4n) is 2.09. The molecule has 1 saturated heterocycles. The predicted molar refractivity (Wildman–Crippen MR) is 90.5 cm³/mol. The summed E-state index contributed by atoms with van der Waals surface area (Å²) in [6.07, 6.45) is 0. The summed E-state index contributed by atoms with van der Waals surface area (Å²) in [7, 11) is 0. The Morgan fingerprint density at radius 1 is 1.33 bits per heavy atom. The molecule has 118 valence electrons. The zero-order valence-electron chi connectivity index (χ0n) is 12.1. The third-order valence-corrected chi connectivity index (χ3v) is 4.25. The second-order valence-electron chi connectivity index (χ2n) is 5.81. The lowest BCUT2D eigenvalue weighted by atomic mass is 10.0. The Balaban J connectivity index is 0.00000220. The molecule has 2 rings (SSSR count). The zero-order chi connectivity index (χ0) is 14.8. The second kappa shape index (κ2) is 7.56. The molecular formula is C14H22BrClN4O. The summed E-state index contributed by atoms with van der Waals surface area (Å²) in [4.78, 5) is 12.2. The van der Waals surface area contributed by atoms with Crippen LogP contribution in [0, 0.1) is 0 Å². The van der Waals surface area contributed by atoms with Crippen LogP contribution in [0.15, 0.2) is 30.3 Å². The lowest BCUT2D eigenvalue weighted by molar-refractivity contribution is -0.122. The summed E-state index contributed by atoms with van der Waals surface area (Å²) < 4.78 is 0. The van der Waals surface area contributed by atoms with Gasteiger partial charge < -0.3 is 11.1 Å². The number of amides is 1. The first kappa shape index (κ1) is 18.4. The van der Waals surface area contributed by atoms with E-state index in [9.17, 15) is 4.79 Å². The van der Waals surface area contributed by atoms with E-state index in [2.05, 4.69) is 32.1 Å².